The van der Waals surface area contributed by atoms with E-state index in [-0.39, 0.29) is 16.0 Å². The monoisotopic (exact) mass is 356 g/mol. The smallest absolute Gasteiger partial charge is 0.297 e. The van der Waals surface area contributed by atoms with Gasteiger partial charge in [0.2, 0.25) is 8.32 Å². The second kappa shape index (κ2) is 6.22. The molecule has 1 aromatic carbocycles. The lowest BCUT2D eigenvalue weighted by atomic mass is 9.97. The Morgan fingerprint density at radius 3 is 2.26 bits per heavy atom. The fourth-order valence-corrected chi connectivity index (χ4v) is 4.20. The summed E-state index contributed by atoms with van der Waals surface area (Å²) >= 11 is 0. The molecule has 0 bridgehead atoms. The minimum absolute atomic E-state index is 0.0523. The third-order valence-electron chi connectivity index (χ3n) is 4.93. The number of rotatable bonds is 5. The largest absolute Gasteiger partial charge is 0.543 e. The Morgan fingerprint density at radius 1 is 1.17 bits per heavy atom. The first-order chi connectivity index (χ1) is 10.4. The maximum absolute atomic E-state index is 12.4. The van der Waals surface area contributed by atoms with Crippen molar-refractivity contribution in [1.82, 2.24) is 0 Å². The van der Waals surface area contributed by atoms with E-state index in [2.05, 4.69) is 33.9 Å². The molecule has 1 fully saturated rings. The van der Waals surface area contributed by atoms with Gasteiger partial charge in [0.25, 0.3) is 10.1 Å². The first-order valence-corrected chi connectivity index (χ1v) is 12.5. The van der Waals surface area contributed by atoms with E-state index in [0.29, 0.717) is 5.75 Å². The van der Waals surface area contributed by atoms with Crippen molar-refractivity contribution in [2.45, 2.75) is 76.1 Å². The quantitative estimate of drug-likeness (QED) is 0.570. The van der Waals surface area contributed by atoms with Crippen molar-refractivity contribution in [3.63, 3.8) is 0 Å². The highest BCUT2D eigenvalue weighted by molar-refractivity contribution is 7.86. The van der Waals surface area contributed by atoms with Crippen LogP contribution in [0.1, 0.15) is 45.6 Å². The van der Waals surface area contributed by atoms with E-state index in [1.165, 1.54) is 0 Å². The third-order valence-corrected chi connectivity index (χ3v) is 10.6. The molecular weight excluding hydrogens is 328 g/mol. The molecule has 6 heteroatoms. The van der Waals surface area contributed by atoms with Crippen LogP contribution >= 0.6 is 0 Å². The van der Waals surface area contributed by atoms with Gasteiger partial charge in [-0.2, -0.15) is 8.42 Å². The Balaban J connectivity index is 2.28. The lowest BCUT2D eigenvalue weighted by Crippen LogP contribution is -2.44. The molecule has 1 aliphatic carbocycles. The van der Waals surface area contributed by atoms with Gasteiger partial charge in [-0.3, -0.25) is 4.18 Å². The van der Waals surface area contributed by atoms with Gasteiger partial charge in [0.15, 0.2) is 0 Å². The van der Waals surface area contributed by atoms with Crippen molar-refractivity contribution in [2.24, 2.45) is 0 Å². The van der Waals surface area contributed by atoms with Crippen LogP contribution in [0.5, 0.6) is 5.75 Å². The molecule has 0 unspecified atom stereocenters. The average molecular weight is 357 g/mol. The van der Waals surface area contributed by atoms with Gasteiger partial charge in [0.1, 0.15) is 5.75 Å². The van der Waals surface area contributed by atoms with E-state index >= 15 is 0 Å². The van der Waals surface area contributed by atoms with Gasteiger partial charge in [-0.05, 0) is 55.9 Å². The van der Waals surface area contributed by atoms with E-state index in [1.54, 1.807) is 18.2 Å². The molecule has 1 aliphatic rings. The molecular formula is C17H28O4SSi. The molecule has 0 heterocycles. The summed E-state index contributed by atoms with van der Waals surface area (Å²) in [7, 11) is -5.74. The van der Waals surface area contributed by atoms with Crippen molar-refractivity contribution in [3.05, 3.63) is 23.8 Å². The van der Waals surface area contributed by atoms with E-state index in [0.717, 1.165) is 24.8 Å². The van der Waals surface area contributed by atoms with Gasteiger partial charge < -0.3 is 4.43 Å². The molecule has 0 saturated heterocycles. The summed E-state index contributed by atoms with van der Waals surface area (Å²) in [5.74, 6) is 0.648. The lowest BCUT2D eigenvalue weighted by Gasteiger charge is -2.37. The van der Waals surface area contributed by atoms with Crippen LogP contribution in [0.15, 0.2) is 23.1 Å². The Labute approximate surface area is 141 Å². The molecule has 0 aromatic heterocycles. The second-order valence-electron chi connectivity index (χ2n) is 7.89. The van der Waals surface area contributed by atoms with Crippen molar-refractivity contribution < 1.29 is 17.0 Å². The summed E-state index contributed by atoms with van der Waals surface area (Å²) in [6.07, 6.45) is 2.51. The Kier molecular flexibility index (Phi) is 5.00. The molecule has 23 heavy (non-hydrogen) atoms. The zero-order chi connectivity index (χ0) is 17.5. The second-order valence-corrected chi connectivity index (χ2v) is 14.2. The highest BCUT2D eigenvalue weighted by Crippen LogP contribution is 2.39. The van der Waals surface area contributed by atoms with Crippen molar-refractivity contribution in [3.8, 4) is 5.75 Å². The van der Waals surface area contributed by atoms with Gasteiger partial charge in [0.05, 0.1) is 11.0 Å². The summed E-state index contributed by atoms with van der Waals surface area (Å²) in [5.41, 5.74) is 0.942. The number of hydrogen-bond acceptors (Lipinski definition) is 4. The van der Waals surface area contributed by atoms with E-state index in [9.17, 15) is 8.42 Å². The first-order valence-electron chi connectivity index (χ1n) is 8.15. The minimum atomic E-state index is -3.72. The van der Waals surface area contributed by atoms with Gasteiger partial charge in [-0.25, -0.2) is 0 Å². The van der Waals surface area contributed by atoms with Crippen LogP contribution in [0.3, 0.4) is 0 Å². The summed E-state index contributed by atoms with van der Waals surface area (Å²) < 4.78 is 36.4. The SMILES string of the molecule is Cc1ccc(S(=O)(=O)OC2CCC2)cc1O[Si](C)(C)C(C)(C)C. The normalized spacial score (nSPS) is 17.0. The van der Waals surface area contributed by atoms with Crippen LogP contribution in [0.25, 0.3) is 0 Å². The van der Waals surface area contributed by atoms with Gasteiger partial charge >= 0.3 is 0 Å². The van der Waals surface area contributed by atoms with Crippen LogP contribution in [0, 0.1) is 6.92 Å². The van der Waals surface area contributed by atoms with Gasteiger partial charge in [-0.1, -0.05) is 26.8 Å². The number of hydrogen-bond donors (Lipinski definition) is 0. The Morgan fingerprint density at radius 2 is 1.78 bits per heavy atom. The average Bonchev–Trinajstić information content (AvgIpc) is 2.35. The molecule has 4 nitrogen and oxygen atoms in total. The highest BCUT2D eigenvalue weighted by atomic mass is 32.2. The third kappa shape index (κ3) is 4.16. The van der Waals surface area contributed by atoms with E-state index in [4.69, 9.17) is 8.61 Å². The first kappa shape index (κ1) is 18.5. The maximum Gasteiger partial charge on any atom is 0.297 e. The van der Waals surface area contributed by atoms with Crippen molar-refractivity contribution in [1.29, 1.82) is 0 Å². The number of benzene rings is 1. The maximum atomic E-state index is 12.4. The Bertz CT molecular complexity index is 670. The van der Waals surface area contributed by atoms with Crippen LogP contribution in [-0.2, 0) is 14.3 Å². The minimum Gasteiger partial charge on any atom is -0.543 e. The molecule has 0 amide bonds. The van der Waals surface area contributed by atoms with E-state index < -0.39 is 18.4 Å². The lowest BCUT2D eigenvalue weighted by molar-refractivity contribution is 0.127. The molecule has 0 atom stereocenters. The van der Waals surface area contributed by atoms with Crippen LogP contribution in [0.2, 0.25) is 18.1 Å². The van der Waals surface area contributed by atoms with Crippen LogP contribution in [-0.4, -0.2) is 22.8 Å². The summed E-state index contributed by atoms with van der Waals surface area (Å²) in [5, 5.41) is 0.0523. The standard InChI is InChI=1S/C17H28O4SSi/c1-13-10-11-15(22(18,19)20-14-8-7-9-14)12-16(13)21-23(5,6)17(2,3)4/h10-12,14H,7-9H2,1-6H3. The molecule has 0 radical (unpaired) electrons. The zero-order valence-electron chi connectivity index (χ0n) is 15.0. The molecule has 0 aliphatic heterocycles. The van der Waals surface area contributed by atoms with Crippen LogP contribution in [0.4, 0.5) is 0 Å². The summed E-state index contributed by atoms with van der Waals surface area (Å²) in [6.45, 7) is 12.7. The van der Waals surface area contributed by atoms with Gasteiger partial charge in [-0.15, -0.1) is 0 Å². The fraction of sp³-hybridized carbons (Fsp3) is 0.647. The summed E-state index contributed by atoms with van der Waals surface area (Å²) in [4.78, 5) is 0.184. The van der Waals surface area contributed by atoms with E-state index in [1.807, 2.05) is 6.92 Å². The highest BCUT2D eigenvalue weighted by Gasteiger charge is 2.39. The molecule has 130 valence electrons. The molecule has 0 spiro atoms. The topological polar surface area (TPSA) is 52.6 Å². The summed E-state index contributed by atoms with van der Waals surface area (Å²) in [6, 6.07) is 5.01. The van der Waals surface area contributed by atoms with Crippen molar-refractivity contribution >= 4 is 18.4 Å². The molecule has 1 saturated carbocycles. The predicted octanol–water partition coefficient (Wildman–Crippen LogP) is 4.64. The van der Waals surface area contributed by atoms with Gasteiger partial charge in [0, 0.05) is 6.07 Å². The molecule has 1 aromatic rings. The van der Waals surface area contributed by atoms with Crippen LogP contribution < -0.4 is 4.43 Å². The molecule has 2 rings (SSSR count). The van der Waals surface area contributed by atoms with Crippen molar-refractivity contribution in [2.75, 3.05) is 0 Å². The zero-order valence-corrected chi connectivity index (χ0v) is 16.8. The fourth-order valence-electron chi connectivity index (χ4n) is 1.98. The molecule has 0 N–H and O–H groups in total. The predicted molar refractivity (Wildman–Crippen MR) is 94.9 cm³/mol. The number of aryl methyl sites for hydroxylation is 1. The Hall–Kier alpha value is -0.853.